The molecule has 0 amide bonds. The number of fused-ring (bicyclic) bond motifs is 7. The molecule has 0 radical (unpaired) electrons. The molecule has 276 valence electrons. The Hall–Kier alpha value is -6.78. The molecule has 3 aliphatic rings. The van der Waals surface area contributed by atoms with Crippen LogP contribution in [0.15, 0.2) is 188 Å². The number of rotatable bonds is 5. The van der Waals surface area contributed by atoms with E-state index in [2.05, 4.69) is 202 Å². The maximum atomic E-state index is 2.57. The molecule has 0 N–H and O–H groups in total. The lowest BCUT2D eigenvalue weighted by molar-refractivity contribution is 0.444. The summed E-state index contributed by atoms with van der Waals surface area (Å²) in [5.74, 6) is 0.559. The lowest BCUT2D eigenvalue weighted by Gasteiger charge is -2.44. The second-order valence-electron chi connectivity index (χ2n) is 16.3. The fourth-order valence-corrected chi connectivity index (χ4v) is 10.6. The summed E-state index contributed by atoms with van der Waals surface area (Å²) in [5, 5.41) is 2.56. The zero-order valence-electron chi connectivity index (χ0n) is 32.4. The van der Waals surface area contributed by atoms with Crippen molar-refractivity contribution in [2.75, 3.05) is 9.80 Å². The van der Waals surface area contributed by atoms with Crippen molar-refractivity contribution in [2.45, 2.75) is 38.0 Å². The molecule has 9 aromatic rings. The van der Waals surface area contributed by atoms with Gasteiger partial charge in [-0.25, -0.2) is 0 Å². The molecule has 2 aliphatic heterocycles. The Morgan fingerprint density at radius 3 is 1.66 bits per heavy atom. The third-order valence-electron chi connectivity index (χ3n) is 13.1. The van der Waals surface area contributed by atoms with E-state index in [1.807, 2.05) is 0 Å². The Morgan fingerprint density at radius 2 is 0.983 bits per heavy atom. The van der Waals surface area contributed by atoms with Crippen LogP contribution in [0.2, 0.25) is 0 Å². The molecule has 1 saturated carbocycles. The Morgan fingerprint density at radius 1 is 0.431 bits per heavy atom. The molecule has 0 atom stereocenters. The van der Waals surface area contributed by atoms with Crippen molar-refractivity contribution in [1.29, 1.82) is 0 Å². The van der Waals surface area contributed by atoms with Crippen LogP contribution in [-0.4, -0.2) is 11.3 Å². The van der Waals surface area contributed by atoms with E-state index < -0.39 is 0 Å². The van der Waals surface area contributed by atoms with Crippen molar-refractivity contribution < 1.29 is 0 Å². The lowest BCUT2D eigenvalue weighted by Crippen LogP contribution is -2.61. The Labute approximate surface area is 340 Å². The van der Waals surface area contributed by atoms with Gasteiger partial charge in [0.05, 0.1) is 11.0 Å². The van der Waals surface area contributed by atoms with Gasteiger partial charge < -0.3 is 14.4 Å². The Bertz CT molecular complexity index is 3000. The predicted octanol–water partition coefficient (Wildman–Crippen LogP) is 12.6. The molecule has 0 unspecified atom stereocenters. The summed E-state index contributed by atoms with van der Waals surface area (Å²) in [4.78, 5) is 5.11. The van der Waals surface area contributed by atoms with Crippen molar-refractivity contribution in [3.05, 3.63) is 194 Å². The number of aromatic nitrogens is 1. The normalized spacial score (nSPS) is 14.7. The highest BCUT2D eigenvalue weighted by Crippen LogP contribution is 2.47. The number of para-hydroxylation sites is 5. The zero-order valence-corrected chi connectivity index (χ0v) is 32.4. The van der Waals surface area contributed by atoms with Crippen LogP contribution in [0.1, 0.15) is 43.6 Å². The van der Waals surface area contributed by atoms with Crippen LogP contribution in [0.25, 0.3) is 38.6 Å². The highest BCUT2D eigenvalue weighted by molar-refractivity contribution is 7.00. The average molecular weight is 744 g/mol. The maximum Gasteiger partial charge on any atom is 0.252 e. The van der Waals surface area contributed by atoms with Gasteiger partial charge in [0, 0.05) is 50.6 Å². The van der Waals surface area contributed by atoms with E-state index >= 15 is 0 Å². The van der Waals surface area contributed by atoms with E-state index in [9.17, 15) is 0 Å². The van der Waals surface area contributed by atoms with Gasteiger partial charge in [0.1, 0.15) is 0 Å². The minimum atomic E-state index is 0.132. The van der Waals surface area contributed by atoms with Gasteiger partial charge in [-0.1, -0.05) is 135 Å². The predicted molar refractivity (Wildman–Crippen MR) is 246 cm³/mol. The van der Waals surface area contributed by atoms with Crippen LogP contribution in [0.4, 0.5) is 34.1 Å². The van der Waals surface area contributed by atoms with Crippen LogP contribution in [0.3, 0.4) is 0 Å². The summed E-state index contributed by atoms with van der Waals surface area (Å²) in [6, 6.07) is 70.1. The average Bonchev–Trinajstić information content (AvgIpc) is 3.64. The smallest absolute Gasteiger partial charge is 0.252 e. The SMILES string of the molecule is c1ccc(N2c3ccccc3B3c4ccccc4N(c4ccc(-c5cccc6c5c5ccccc5n6-c5ccccc5)cc4)c4cc(C5CCCCC5)cc2c43)cc1. The number of benzene rings is 8. The van der Waals surface area contributed by atoms with E-state index in [4.69, 9.17) is 0 Å². The first-order valence-electron chi connectivity index (χ1n) is 21.0. The summed E-state index contributed by atoms with van der Waals surface area (Å²) >= 11 is 0. The molecule has 8 aromatic carbocycles. The van der Waals surface area contributed by atoms with Crippen molar-refractivity contribution in [3.8, 4) is 16.8 Å². The van der Waals surface area contributed by atoms with Gasteiger partial charge in [-0.15, -0.1) is 0 Å². The second-order valence-corrected chi connectivity index (χ2v) is 16.3. The Kier molecular flexibility index (Phi) is 7.72. The first-order valence-corrected chi connectivity index (χ1v) is 21.0. The molecular weight excluding hydrogens is 701 g/mol. The molecule has 4 heteroatoms. The van der Waals surface area contributed by atoms with Crippen molar-refractivity contribution in [3.63, 3.8) is 0 Å². The monoisotopic (exact) mass is 743 g/mol. The van der Waals surface area contributed by atoms with Gasteiger partial charge in [-0.05, 0) is 125 Å². The highest BCUT2D eigenvalue weighted by Gasteiger charge is 2.43. The molecule has 12 rings (SSSR count). The molecule has 0 bridgehead atoms. The first kappa shape index (κ1) is 33.4. The number of hydrogen-bond acceptors (Lipinski definition) is 2. The fourth-order valence-electron chi connectivity index (χ4n) is 10.6. The molecule has 1 aliphatic carbocycles. The van der Waals surface area contributed by atoms with Gasteiger partial charge in [0.25, 0.3) is 6.71 Å². The zero-order chi connectivity index (χ0) is 38.2. The maximum absolute atomic E-state index is 2.57. The molecule has 0 saturated heterocycles. The fraction of sp³-hybridized carbons (Fsp3) is 0.111. The van der Waals surface area contributed by atoms with Crippen LogP contribution >= 0.6 is 0 Å². The van der Waals surface area contributed by atoms with Crippen molar-refractivity contribution >= 4 is 79.0 Å². The lowest BCUT2D eigenvalue weighted by atomic mass is 9.33. The molecular formula is C54H42BN3. The van der Waals surface area contributed by atoms with Gasteiger partial charge in [0.2, 0.25) is 0 Å². The van der Waals surface area contributed by atoms with E-state index in [0.29, 0.717) is 5.92 Å². The van der Waals surface area contributed by atoms with Gasteiger partial charge in [0.15, 0.2) is 0 Å². The van der Waals surface area contributed by atoms with E-state index in [1.54, 1.807) is 0 Å². The van der Waals surface area contributed by atoms with E-state index in [0.717, 1.165) is 0 Å². The highest BCUT2D eigenvalue weighted by atomic mass is 15.2. The standard InChI is InChI=1S/C54H42BN3/c1-4-17-37(18-5-1)39-35-51-54-52(36-39)58(49-29-15-12-26-46(49)55(54)45-25-11-14-28-48(45)57(51)41-21-8-3-9-22-41)42-33-31-38(32-34-42)43-24-16-30-50-53(43)44-23-10-13-27-47(44)56(50)40-19-6-2-7-20-40/h2-3,6-16,19-37H,1,4-5,17-18H2. The molecule has 0 spiro atoms. The summed E-state index contributed by atoms with van der Waals surface area (Å²) in [5.41, 5.74) is 19.2. The molecule has 1 aromatic heterocycles. The second kappa shape index (κ2) is 13.4. The van der Waals surface area contributed by atoms with Crippen LogP contribution in [0, 0.1) is 0 Å². The summed E-state index contributed by atoms with van der Waals surface area (Å²) in [6.07, 6.45) is 6.44. The molecule has 3 nitrogen and oxygen atoms in total. The van der Waals surface area contributed by atoms with Gasteiger partial charge in [-0.3, -0.25) is 0 Å². The number of hydrogen-bond donors (Lipinski definition) is 0. The van der Waals surface area contributed by atoms with E-state index in [1.165, 1.54) is 127 Å². The third kappa shape index (κ3) is 5.07. The van der Waals surface area contributed by atoms with Crippen molar-refractivity contribution in [2.24, 2.45) is 0 Å². The van der Waals surface area contributed by atoms with Gasteiger partial charge in [-0.2, -0.15) is 0 Å². The Balaban J connectivity index is 1.06. The number of anilines is 6. The summed E-state index contributed by atoms with van der Waals surface area (Å²) in [6.45, 7) is 0.132. The molecule has 1 fully saturated rings. The van der Waals surface area contributed by atoms with E-state index in [-0.39, 0.29) is 6.71 Å². The molecule has 58 heavy (non-hydrogen) atoms. The quantitative estimate of drug-likeness (QED) is 0.163. The van der Waals surface area contributed by atoms with Crippen LogP contribution in [-0.2, 0) is 0 Å². The van der Waals surface area contributed by atoms with Crippen molar-refractivity contribution in [1.82, 2.24) is 4.57 Å². The minimum Gasteiger partial charge on any atom is -0.311 e. The first-order chi connectivity index (χ1) is 28.8. The topological polar surface area (TPSA) is 11.4 Å². The minimum absolute atomic E-state index is 0.132. The number of nitrogens with zero attached hydrogens (tertiary/aromatic N) is 3. The molecule has 3 heterocycles. The van der Waals surface area contributed by atoms with Crippen LogP contribution in [0.5, 0.6) is 0 Å². The van der Waals surface area contributed by atoms with Gasteiger partial charge >= 0.3 is 0 Å². The summed E-state index contributed by atoms with van der Waals surface area (Å²) in [7, 11) is 0. The summed E-state index contributed by atoms with van der Waals surface area (Å²) < 4.78 is 2.41. The van der Waals surface area contributed by atoms with Crippen LogP contribution < -0.4 is 26.2 Å². The third-order valence-corrected chi connectivity index (χ3v) is 13.1. The largest absolute Gasteiger partial charge is 0.311 e.